The van der Waals surface area contributed by atoms with Crippen molar-refractivity contribution in [2.45, 2.75) is 44.6 Å². The lowest BCUT2D eigenvalue weighted by Crippen LogP contribution is -2.26. The molecule has 0 aromatic carbocycles. The van der Waals surface area contributed by atoms with Crippen molar-refractivity contribution in [1.29, 1.82) is 0 Å². The summed E-state index contributed by atoms with van der Waals surface area (Å²) in [6.07, 6.45) is 3.20. The summed E-state index contributed by atoms with van der Waals surface area (Å²) in [5.74, 6) is -0.407. The Bertz CT molecular complexity index is 617. The summed E-state index contributed by atoms with van der Waals surface area (Å²) in [5.41, 5.74) is 0.673. The number of carboxylic acids is 1. The second-order valence-electron chi connectivity index (χ2n) is 5.18. The first kappa shape index (κ1) is 15.0. The standard InChI is InChI=1S/C12H19N3O4S/c1-8-12(9(2)15(14-8)7-11(16)17)20(18,19)13-6-5-10-3-4-10/h10,13H,3-7H2,1-2H3,(H,16,17). The van der Waals surface area contributed by atoms with E-state index < -0.39 is 16.0 Å². The van der Waals surface area contributed by atoms with Crippen molar-refractivity contribution in [3.05, 3.63) is 11.4 Å². The van der Waals surface area contributed by atoms with Crippen LogP contribution in [0.25, 0.3) is 0 Å². The van der Waals surface area contributed by atoms with Crippen LogP contribution in [0.3, 0.4) is 0 Å². The van der Waals surface area contributed by atoms with E-state index in [1.165, 1.54) is 17.5 Å². The molecule has 0 radical (unpaired) electrons. The fourth-order valence-corrected chi connectivity index (χ4v) is 3.68. The SMILES string of the molecule is Cc1nn(CC(=O)O)c(C)c1S(=O)(=O)NCCC1CC1. The van der Waals surface area contributed by atoms with Gasteiger partial charge in [-0.2, -0.15) is 5.10 Å². The van der Waals surface area contributed by atoms with Crippen LogP contribution in [-0.2, 0) is 21.4 Å². The van der Waals surface area contributed by atoms with Gasteiger partial charge in [-0.1, -0.05) is 12.8 Å². The molecule has 2 N–H and O–H groups in total. The Kier molecular flexibility index (Phi) is 4.14. The number of aromatic nitrogens is 2. The molecule has 0 unspecified atom stereocenters. The van der Waals surface area contributed by atoms with Crippen LogP contribution in [0.2, 0.25) is 0 Å². The molecule has 0 amide bonds. The first-order valence-corrected chi connectivity index (χ1v) is 8.05. The van der Waals surface area contributed by atoms with Gasteiger partial charge in [-0.25, -0.2) is 13.1 Å². The monoisotopic (exact) mass is 301 g/mol. The smallest absolute Gasteiger partial charge is 0.325 e. The molecule has 0 saturated heterocycles. The normalized spacial score (nSPS) is 15.5. The number of sulfonamides is 1. The highest BCUT2D eigenvalue weighted by molar-refractivity contribution is 7.89. The Labute approximate surface area is 118 Å². The number of hydrogen-bond donors (Lipinski definition) is 2. The molecule has 1 aromatic rings. The summed E-state index contributed by atoms with van der Waals surface area (Å²) in [6.45, 7) is 3.21. The minimum Gasteiger partial charge on any atom is -0.480 e. The Morgan fingerprint density at radius 3 is 2.65 bits per heavy atom. The first-order chi connectivity index (χ1) is 9.31. The molecule has 8 heteroatoms. The third-order valence-corrected chi connectivity index (χ3v) is 5.12. The van der Waals surface area contributed by atoms with E-state index in [9.17, 15) is 13.2 Å². The first-order valence-electron chi connectivity index (χ1n) is 6.56. The average Bonchev–Trinajstić information content (AvgIpc) is 3.06. The van der Waals surface area contributed by atoms with Gasteiger partial charge < -0.3 is 5.11 Å². The minimum atomic E-state index is -3.63. The minimum absolute atomic E-state index is 0.0922. The summed E-state index contributed by atoms with van der Waals surface area (Å²) in [5, 5.41) is 12.8. The third kappa shape index (κ3) is 3.37. The average molecular weight is 301 g/mol. The maximum atomic E-state index is 12.3. The van der Waals surface area contributed by atoms with Crippen LogP contribution in [0, 0.1) is 19.8 Å². The molecule has 1 heterocycles. The van der Waals surface area contributed by atoms with Gasteiger partial charge in [0, 0.05) is 6.54 Å². The van der Waals surface area contributed by atoms with Gasteiger partial charge in [-0.3, -0.25) is 9.48 Å². The zero-order valence-electron chi connectivity index (χ0n) is 11.6. The van der Waals surface area contributed by atoms with Crippen molar-refractivity contribution in [3.63, 3.8) is 0 Å². The molecule has 1 aliphatic rings. The molecule has 20 heavy (non-hydrogen) atoms. The van der Waals surface area contributed by atoms with E-state index in [1.54, 1.807) is 13.8 Å². The summed E-state index contributed by atoms with van der Waals surface area (Å²) >= 11 is 0. The molecule has 0 spiro atoms. The zero-order valence-corrected chi connectivity index (χ0v) is 12.4. The maximum Gasteiger partial charge on any atom is 0.325 e. The lowest BCUT2D eigenvalue weighted by Gasteiger charge is -2.07. The molecule has 2 rings (SSSR count). The fourth-order valence-electron chi connectivity index (χ4n) is 2.23. The van der Waals surface area contributed by atoms with Crippen LogP contribution in [0.5, 0.6) is 0 Å². The fraction of sp³-hybridized carbons (Fsp3) is 0.667. The van der Waals surface area contributed by atoms with E-state index in [1.807, 2.05) is 0 Å². The van der Waals surface area contributed by atoms with Gasteiger partial charge in [0.15, 0.2) is 0 Å². The largest absolute Gasteiger partial charge is 0.480 e. The zero-order chi connectivity index (χ0) is 14.9. The van der Waals surface area contributed by atoms with Gasteiger partial charge in [0.25, 0.3) is 0 Å². The molecule has 1 aromatic heterocycles. The van der Waals surface area contributed by atoms with Crippen molar-refractivity contribution in [1.82, 2.24) is 14.5 Å². The van der Waals surface area contributed by atoms with E-state index in [0.717, 1.165) is 6.42 Å². The Morgan fingerprint density at radius 1 is 1.45 bits per heavy atom. The highest BCUT2D eigenvalue weighted by Gasteiger charge is 2.26. The van der Waals surface area contributed by atoms with Crippen LogP contribution in [0.1, 0.15) is 30.7 Å². The number of aliphatic carboxylic acids is 1. The second kappa shape index (κ2) is 5.53. The number of rotatable bonds is 7. The number of nitrogens with one attached hydrogen (secondary N) is 1. The van der Waals surface area contributed by atoms with Gasteiger partial charge in [0.1, 0.15) is 11.4 Å². The third-order valence-electron chi connectivity index (χ3n) is 3.41. The molecule has 0 bridgehead atoms. The summed E-state index contributed by atoms with van der Waals surface area (Å²) in [7, 11) is -3.63. The summed E-state index contributed by atoms with van der Waals surface area (Å²) in [4.78, 5) is 10.8. The van der Waals surface area contributed by atoms with E-state index in [4.69, 9.17) is 5.11 Å². The van der Waals surface area contributed by atoms with E-state index in [-0.39, 0.29) is 11.4 Å². The van der Waals surface area contributed by atoms with Crippen LogP contribution in [0.15, 0.2) is 4.90 Å². The number of carbonyl (C=O) groups is 1. The van der Waals surface area contributed by atoms with Crippen LogP contribution in [-0.4, -0.2) is 35.8 Å². The molecule has 112 valence electrons. The lowest BCUT2D eigenvalue weighted by atomic mass is 10.3. The summed E-state index contributed by atoms with van der Waals surface area (Å²) in [6, 6.07) is 0. The van der Waals surface area contributed by atoms with Gasteiger partial charge >= 0.3 is 5.97 Å². The maximum absolute atomic E-state index is 12.3. The second-order valence-corrected chi connectivity index (χ2v) is 6.88. The summed E-state index contributed by atoms with van der Waals surface area (Å²) < 4.78 is 28.3. The van der Waals surface area contributed by atoms with Crippen molar-refractivity contribution >= 4 is 16.0 Å². The number of carboxylic acid groups (broad SMARTS) is 1. The molecule has 1 aliphatic carbocycles. The number of aryl methyl sites for hydroxylation is 1. The van der Waals surface area contributed by atoms with Crippen molar-refractivity contribution in [2.75, 3.05) is 6.54 Å². The quantitative estimate of drug-likeness (QED) is 0.770. The van der Waals surface area contributed by atoms with E-state index in [0.29, 0.717) is 23.9 Å². The van der Waals surface area contributed by atoms with Crippen LogP contribution >= 0.6 is 0 Å². The van der Waals surface area contributed by atoms with Crippen molar-refractivity contribution < 1.29 is 18.3 Å². The van der Waals surface area contributed by atoms with Gasteiger partial charge in [0.05, 0.1) is 11.4 Å². The van der Waals surface area contributed by atoms with Crippen LogP contribution < -0.4 is 4.72 Å². The Morgan fingerprint density at radius 2 is 2.10 bits per heavy atom. The van der Waals surface area contributed by atoms with Crippen molar-refractivity contribution in [3.8, 4) is 0 Å². The lowest BCUT2D eigenvalue weighted by molar-refractivity contribution is -0.137. The van der Waals surface area contributed by atoms with Crippen LogP contribution in [0.4, 0.5) is 0 Å². The molecule has 0 aliphatic heterocycles. The molecular formula is C12H19N3O4S. The van der Waals surface area contributed by atoms with E-state index in [2.05, 4.69) is 9.82 Å². The molecule has 7 nitrogen and oxygen atoms in total. The predicted octanol–water partition coefficient (Wildman–Crippen LogP) is 0.663. The predicted molar refractivity (Wildman–Crippen MR) is 71.9 cm³/mol. The van der Waals surface area contributed by atoms with E-state index >= 15 is 0 Å². The Hall–Kier alpha value is -1.41. The van der Waals surface area contributed by atoms with Crippen molar-refractivity contribution in [2.24, 2.45) is 5.92 Å². The molecule has 0 atom stereocenters. The highest BCUT2D eigenvalue weighted by Crippen LogP contribution is 2.32. The molecule has 1 fully saturated rings. The molecular weight excluding hydrogens is 282 g/mol. The molecule has 1 saturated carbocycles. The Balaban J connectivity index is 2.16. The topological polar surface area (TPSA) is 101 Å². The van der Waals surface area contributed by atoms with Gasteiger partial charge in [-0.15, -0.1) is 0 Å². The van der Waals surface area contributed by atoms with Gasteiger partial charge in [-0.05, 0) is 26.2 Å². The number of nitrogens with zero attached hydrogens (tertiary/aromatic N) is 2. The number of hydrogen-bond acceptors (Lipinski definition) is 4. The van der Waals surface area contributed by atoms with Gasteiger partial charge in [0.2, 0.25) is 10.0 Å². The highest BCUT2D eigenvalue weighted by atomic mass is 32.2.